The van der Waals surface area contributed by atoms with Crippen molar-refractivity contribution in [1.82, 2.24) is 24.8 Å². The normalized spacial score (nSPS) is 21.8. The third-order valence-electron chi connectivity index (χ3n) is 4.53. The Morgan fingerprint density at radius 3 is 2.72 bits per heavy atom. The number of aromatic nitrogens is 4. The Morgan fingerprint density at radius 2 is 2.00 bits per heavy atom. The van der Waals surface area contributed by atoms with Crippen LogP contribution in [0.25, 0.3) is 0 Å². The van der Waals surface area contributed by atoms with Crippen molar-refractivity contribution in [2.24, 2.45) is 0 Å². The van der Waals surface area contributed by atoms with Gasteiger partial charge in [-0.25, -0.2) is 24.7 Å². The first-order chi connectivity index (χ1) is 11.9. The molecule has 0 spiro atoms. The van der Waals surface area contributed by atoms with Gasteiger partial charge in [-0.2, -0.15) is 13.2 Å². The summed E-state index contributed by atoms with van der Waals surface area (Å²) in [6.07, 6.45) is 2.43. The number of anilines is 1. The number of carbonyl (C=O) groups is 1. The fourth-order valence-corrected chi connectivity index (χ4v) is 3.45. The van der Waals surface area contributed by atoms with Gasteiger partial charge in [0, 0.05) is 24.2 Å². The molecule has 25 heavy (non-hydrogen) atoms. The zero-order valence-corrected chi connectivity index (χ0v) is 12.9. The van der Waals surface area contributed by atoms with Crippen molar-refractivity contribution in [2.75, 3.05) is 5.32 Å². The number of amides is 2. The molecule has 10 heteroatoms. The summed E-state index contributed by atoms with van der Waals surface area (Å²) in [5.41, 5.74) is 0.764. The monoisotopic (exact) mass is 350 g/mol. The highest BCUT2D eigenvalue weighted by molar-refractivity contribution is 5.89. The average molecular weight is 350 g/mol. The van der Waals surface area contributed by atoms with E-state index >= 15 is 0 Å². The number of urea groups is 1. The van der Waals surface area contributed by atoms with Crippen molar-refractivity contribution in [2.45, 2.75) is 37.5 Å². The molecule has 1 fully saturated rings. The van der Waals surface area contributed by atoms with E-state index in [1.165, 1.54) is 6.33 Å². The van der Waals surface area contributed by atoms with Gasteiger partial charge in [0.1, 0.15) is 6.33 Å². The van der Waals surface area contributed by atoms with Gasteiger partial charge < -0.3 is 4.90 Å². The molecule has 2 amide bonds. The Labute approximate surface area is 140 Å². The van der Waals surface area contributed by atoms with E-state index in [0.29, 0.717) is 12.6 Å². The summed E-state index contributed by atoms with van der Waals surface area (Å²) in [5, 5.41) is 2.53. The molecule has 1 N–H and O–H groups in total. The van der Waals surface area contributed by atoms with Gasteiger partial charge in [0.2, 0.25) is 0 Å². The summed E-state index contributed by atoms with van der Waals surface area (Å²) in [6, 6.07) is -0.525. The standard InChI is InChI=1S/C15H13F3N6O/c16-15(17,18)12-5-21-13(6-20-12)23-14(25)24-8-1-2-11(24)9-4-19-7-22-10(9)3-8/h4-8,11H,1-3H2,(H,21,23,25). The molecule has 0 radical (unpaired) electrons. The Morgan fingerprint density at radius 1 is 1.16 bits per heavy atom. The van der Waals surface area contributed by atoms with Crippen LogP contribution in [0.3, 0.4) is 0 Å². The molecule has 0 aromatic carbocycles. The molecule has 1 saturated heterocycles. The number of halogens is 3. The summed E-state index contributed by atoms with van der Waals surface area (Å²) in [4.78, 5) is 29.5. The highest BCUT2D eigenvalue weighted by Gasteiger charge is 2.43. The number of carbonyl (C=O) groups excluding carboxylic acids is 1. The van der Waals surface area contributed by atoms with Crippen LogP contribution in [0.1, 0.15) is 35.8 Å². The maximum Gasteiger partial charge on any atom is 0.434 e. The van der Waals surface area contributed by atoms with Crippen LogP contribution in [0.2, 0.25) is 0 Å². The first-order valence-electron chi connectivity index (χ1n) is 7.71. The maximum absolute atomic E-state index is 12.6. The zero-order chi connectivity index (χ0) is 17.6. The molecule has 2 aliphatic rings. The van der Waals surface area contributed by atoms with Crippen LogP contribution in [-0.4, -0.2) is 36.9 Å². The molecule has 130 valence electrons. The lowest BCUT2D eigenvalue weighted by atomic mass is 10.00. The minimum Gasteiger partial charge on any atom is -0.314 e. The van der Waals surface area contributed by atoms with Gasteiger partial charge in [0.15, 0.2) is 11.5 Å². The number of fused-ring (bicyclic) bond motifs is 4. The Hall–Kier alpha value is -2.78. The SMILES string of the molecule is O=C(Nc1cnc(C(F)(F)F)cn1)N1C2CCC1c1cncnc1C2. The van der Waals surface area contributed by atoms with Gasteiger partial charge in [0.05, 0.1) is 24.1 Å². The lowest BCUT2D eigenvalue weighted by Gasteiger charge is -2.35. The molecule has 0 aliphatic carbocycles. The number of hydrogen-bond acceptors (Lipinski definition) is 5. The van der Waals surface area contributed by atoms with Crippen molar-refractivity contribution < 1.29 is 18.0 Å². The number of nitrogens with one attached hydrogen (secondary N) is 1. The first kappa shape index (κ1) is 15.7. The molecule has 2 atom stereocenters. The van der Waals surface area contributed by atoms with Crippen molar-refractivity contribution in [3.63, 3.8) is 0 Å². The highest BCUT2D eigenvalue weighted by Crippen LogP contribution is 2.42. The summed E-state index contributed by atoms with van der Waals surface area (Å²) in [7, 11) is 0. The van der Waals surface area contributed by atoms with Gasteiger partial charge >= 0.3 is 12.2 Å². The zero-order valence-electron chi connectivity index (χ0n) is 12.9. The van der Waals surface area contributed by atoms with Crippen LogP contribution in [0.5, 0.6) is 0 Å². The quantitative estimate of drug-likeness (QED) is 0.855. The van der Waals surface area contributed by atoms with Crippen LogP contribution in [-0.2, 0) is 12.6 Å². The summed E-state index contributed by atoms with van der Waals surface area (Å²) < 4.78 is 37.5. The molecule has 4 rings (SSSR count). The molecular weight excluding hydrogens is 337 g/mol. The van der Waals surface area contributed by atoms with Crippen LogP contribution in [0, 0.1) is 0 Å². The average Bonchev–Trinajstić information content (AvgIpc) is 2.90. The third kappa shape index (κ3) is 2.77. The van der Waals surface area contributed by atoms with Gasteiger partial charge in [-0.15, -0.1) is 0 Å². The minimum absolute atomic E-state index is 0.00908. The number of rotatable bonds is 1. The van der Waals surface area contributed by atoms with Gasteiger partial charge in [-0.1, -0.05) is 0 Å². The molecule has 2 aromatic heterocycles. The van der Waals surface area contributed by atoms with E-state index in [9.17, 15) is 18.0 Å². The first-order valence-corrected chi connectivity index (χ1v) is 7.71. The lowest BCUT2D eigenvalue weighted by molar-refractivity contribution is -0.141. The van der Waals surface area contributed by atoms with E-state index < -0.39 is 17.9 Å². The van der Waals surface area contributed by atoms with E-state index in [1.54, 1.807) is 11.1 Å². The minimum atomic E-state index is -4.56. The van der Waals surface area contributed by atoms with Crippen molar-refractivity contribution in [1.29, 1.82) is 0 Å². The fraction of sp³-hybridized carbons (Fsp3) is 0.400. The number of hydrogen-bond donors (Lipinski definition) is 1. The van der Waals surface area contributed by atoms with Crippen LogP contribution in [0.4, 0.5) is 23.8 Å². The largest absolute Gasteiger partial charge is 0.434 e. The Bertz CT molecular complexity index is 810. The highest BCUT2D eigenvalue weighted by atomic mass is 19.4. The van der Waals surface area contributed by atoms with Gasteiger partial charge in [-0.05, 0) is 12.8 Å². The summed E-state index contributed by atoms with van der Waals surface area (Å²) >= 11 is 0. The molecule has 4 heterocycles. The molecule has 2 aliphatic heterocycles. The molecule has 7 nitrogen and oxygen atoms in total. The second kappa shape index (κ2) is 5.64. The summed E-state index contributed by atoms with van der Waals surface area (Å²) in [6.45, 7) is 0. The predicted octanol–water partition coefficient (Wildman–Crippen LogP) is 2.58. The number of alkyl halides is 3. The molecular formula is C15H13F3N6O. The fourth-order valence-electron chi connectivity index (χ4n) is 3.45. The molecule has 2 unspecified atom stereocenters. The van der Waals surface area contributed by atoms with E-state index in [1.807, 2.05) is 0 Å². The lowest BCUT2D eigenvalue weighted by Crippen LogP contribution is -2.44. The maximum atomic E-state index is 12.6. The molecule has 2 aromatic rings. The van der Waals surface area contributed by atoms with E-state index in [4.69, 9.17) is 0 Å². The second-order valence-corrected chi connectivity index (χ2v) is 6.00. The summed E-state index contributed by atoms with van der Waals surface area (Å²) in [5.74, 6) is -0.0208. The van der Waals surface area contributed by atoms with Gasteiger partial charge in [-0.3, -0.25) is 5.32 Å². The van der Waals surface area contributed by atoms with Gasteiger partial charge in [0.25, 0.3) is 0 Å². The number of nitrogens with zero attached hydrogens (tertiary/aromatic N) is 5. The smallest absolute Gasteiger partial charge is 0.314 e. The van der Waals surface area contributed by atoms with Crippen LogP contribution >= 0.6 is 0 Å². The van der Waals surface area contributed by atoms with Crippen LogP contribution < -0.4 is 5.32 Å². The van der Waals surface area contributed by atoms with Crippen molar-refractivity contribution in [3.05, 3.63) is 41.9 Å². The van der Waals surface area contributed by atoms with Crippen LogP contribution in [0.15, 0.2) is 24.9 Å². The third-order valence-corrected chi connectivity index (χ3v) is 4.53. The Balaban J connectivity index is 1.53. The van der Waals surface area contributed by atoms with Crippen molar-refractivity contribution >= 4 is 11.8 Å². The Kier molecular flexibility index (Phi) is 3.55. The predicted molar refractivity (Wildman–Crippen MR) is 79.4 cm³/mol. The second-order valence-electron chi connectivity index (χ2n) is 6.00. The van der Waals surface area contributed by atoms with Crippen molar-refractivity contribution in [3.8, 4) is 0 Å². The topological polar surface area (TPSA) is 83.9 Å². The van der Waals surface area contributed by atoms with E-state index in [0.717, 1.165) is 30.3 Å². The molecule has 2 bridgehead atoms. The van der Waals surface area contributed by atoms with E-state index in [-0.39, 0.29) is 17.9 Å². The molecule has 0 saturated carbocycles. The van der Waals surface area contributed by atoms with E-state index in [2.05, 4.69) is 25.3 Å².